The lowest BCUT2D eigenvalue weighted by Gasteiger charge is -2.07. The standard InChI is InChI=1S/C20H32O4S/c1-3-5-6-7-8-9-10-11-12-15-18-25(21,22)24-23-20-17-14-13-16-19(20)4-2/h4,13-14,16-17H,2-3,5-12,15,18H2,1H3. The van der Waals surface area contributed by atoms with E-state index < -0.39 is 10.1 Å². The zero-order valence-electron chi connectivity index (χ0n) is 15.4. The Morgan fingerprint density at radius 3 is 2.08 bits per heavy atom. The maximum atomic E-state index is 11.9. The summed E-state index contributed by atoms with van der Waals surface area (Å²) in [6.45, 7) is 5.88. The lowest BCUT2D eigenvalue weighted by molar-refractivity contribution is -0.0927. The van der Waals surface area contributed by atoms with Gasteiger partial charge in [0.15, 0.2) is 5.75 Å². The summed E-state index contributed by atoms with van der Waals surface area (Å²) >= 11 is 0. The van der Waals surface area contributed by atoms with E-state index in [9.17, 15) is 8.42 Å². The number of unbranched alkanes of at least 4 members (excludes halogenated alkanes) is 9. The smallest absolute Gasteiger partial charge is 0.303 e. The van der Waals surface area contributed by atoms with Gasteiger partial charge in [-0.2, -0.15) is 8.42 Å². The highest BCUT2D eigenvalue weighted by Crippen LogP contribution is 2.20. The van der Waals surface area contributed by atoms with Gasteiger partial charge < -0.3 is 4.89 Å². The summed E-state index contributed by atoms with van der Waals surface area (Å²) in [4.78, 5) is 4.98. The number of hydrogen-bond acceptors (Lipinski definition) is 4. The van der Waals surface area contributed by atoms with Crippen LogP contribution in [0.15, 0.2) is 30.8 Å². The molecule has 0 radical (unpaired) electrons. The molecule has 0 amide bonds. The molecule has 142 valence electrons. The summed E-state index contributed by atoms with van der Waals surface area (Å²) in [5.74, 6) is 0.337. The molecule has 0 spiro atoms. The lowest BCUT2D eigenvalue weighted by atomic mass is 10.1. The Kier molecular flexibility index (Phi) is 11.2. The van der Waals surface area contributed by atoms with Gasteiger partial charge in [0.25, 0.3) is 0 Å². The highest BCUT2D eigenvalue weighted by molar-refractivity contribution is 7.86. The van der Waals surface area contributed by atoms with Crippen LogP contribution >= 0.6 is 0 Å². The van der Waals surface area contributed by atoms with Crippen LogP contribution in [0, 0.1) is 0 Å². The highest BCUT2D eigenvalue weighted by Gasteiger charge is 2.14. The Bertz CT molecular complexity index is 581. The largest absolute Gasteiger partial charge is 0.320 e. The average Bonchev–Trinajstić information content (AvgIpc) is 2.62. The van der Waals surface area contributed by atoms with E-state index in [0.717, 1.165) is 12.8 Å². The van der Waals surface area contributed by atoms with Crippen molar-refractivity contribution in [2.24, 2.45) is 0 Å². The molecule has 0 unspecified atom stereocenters. The fourth-order valence-corrected chi connectivity index (χ4v) is 3.42. The van der Waals surface area contributed by atoms with Crippen LogP contribution in [-0.4, -0.2) is 14.2 Å². The normalized spacial score (nSPS) is 11.4. The molecule has 4 nitrogen and oxygen atoms in total. The van der Waals surface area contributed by atoms with Crippen LogP contribution in [0.4, 0.5) is 0 Å². The molecule has 0 heterocycles. The maximum absolute atomic E-state index is 11.9. The molecule has 5 heteroatoms. The average molecular weight is 369 g/mol. The van der Waals surface area contributed by atoms with Crippen molar-refractivity contribution < 1.29 is 17.6 Å². The van der Waals surface area contributed by atoms with E-state index in [-0.39, 0.29) is 5.75 Å². The molecule has 1 aromatic carbocycles. The molecule has 0 saturated carbocycles. The van der Waals surface area contributed by atoms with Crippen molar-refractivity contribution in [1.82, 2.24) is 0 Å². The van der Waals surface area contributed by atoms with Crippen LogP contribution in [0.3, 0.4) is 0 Å². The minimum Gasteiger partial charge on any atom is -0.320 e. The summed E-state index contributed by atoms with van der Waals surface area (Å²) in [5, 5.41) is 0. The van der Waals surface area contributed by atoms with Crippen LogP contribution in [0.2, 0.25) is 0 Å². The van der Waals surface area contributed by atoms with Gasteiger partial charge in [-0.25, -0.2) is 0 Å². The van der Waals surface area contributed by atoms with Crippen LogP contribution in [0.25, 0.3) is 6.08 Å². The highest BCUT2D eigenvalue weighted by atomic mass is 32.2. The second-order valence-electron chi connectivity index (χ2n) is 6.34. The molecule has 0 N–H and O–H groups in total. The van der Waals surface area contributed by atoms with Crippen molar-refractivity contribution in [2.45, 2.75) is 71.1 Å². The van der Waals surface area contributed by atoms with Crippen molar-refractivity contribution in [2.75, 3.05) is 5.75 Å². The summed E-state index contributed by atoms with van der Waals surface area (Å²) in [5.41, 5.74) is 0.691. The zero-order valence-corrected chi connectivity index (χ0v) is 16.2. The monoisotopic (exact) mass is 368 g/mol. The van der Waals surface area contributed by atoms with Crippen LogP contribution in [0.5, 0.6) is 5.75 Å². The fraction of sp³-hybridized carbons (Fsp3) is 0.600. The minimum absolute atomic E-state index is 0.0141. The number of rotatable bonds is 15. The maximum Gasteiger partial charge on any atom is 0.303 e. The SMILES string of the molecule is C=Cc1ccccc1OOS(=O)(=O)CCCCCCCCCCCC. The summed E-state index contributed by atoms with van der Waals surface area (Å²) in [7, 11) is -3.67. The molecule has 0 aliphatic carbocycles. The van der Waals surface area contributed by atoms with Crippen molar-refractivity contribution in [3.8, 4) is 5.75 Å². The lowest BCUT2D eigenvalue weighted by Crippen LogP contribution is -2.13. The van der Waals surface area contributed by atoms with Gasteiger partial charge >= 0.3 is 10.1 Å². The van der Waals surface area contributed by atoms with Crippen molar-refractivity contribution in [1.29, 1.82) is 0 Å². The van der Waals surface area contributed by atoms with E-state index >= 15 is 0 Å². The molecule has 0 aliphatic heterocycles. The van der Waals surface area contributed by atoms with Gasteiger partial charge in [-0.3, -0.25) is 0 Å². The van der Waals surface area contributed by atoms with Gasteiger partial charge in [0.05, 0.1) is 5.75 Å². The van der Waals surface area contributed by atoms with Crippen molar-refractivity contribution in [3.63, 3.8) is 0 Å². The number of para-hydroxylation sites is 1. The van der Waals surface area contributed by atoms with Crippen LogP contribution in [0.1, 0.15) is 76.7 Å². The minimum atomic E-state index is -3.67. The topological polar surface area (TPSA) is 52.6 Å². The molecule has 0 saturated heterocycles. The summed E-state index contributed by atoms with van der Waals surface area (Å²) in [6.07, 6.45) is 13.1. The van der Waals surface area contributed by atoms with Crippen molar-refractivity contribution >= 4 is 16.2 Å². The van der Waals surface area contributed by atoms with E-state index in [1.165, 1.54) is 44.9 Å². The molecule has 25 heavy (non-hydrogen) atoms. The summed E-state index contributed by atoms with van der Waals surface area (Å²) in [6, 6.07) is 7.00. The molecule has 1 aromatic rings. The Labute approximate surface area is 153 Å². The first-order valence-corrected chi connectivity index (χ1v) is 11.0. The fourth-order valence-electron chi connectivity index (χ4n) is 2.61. The summed E-state index contributed by atoms with van der Waals surface area (Å²) < 4.78 is 28.4. The van der Waals surface area contributed by atoms with Gasteiger partial charge in [-0.15, -0.1) is 0 Å². The van der Waals surface area contributed by atoms with E-state index in [2.05, 4.69) is 17.8 Å². The molecule has 0 bridgehead atoms. The Balaban J connectivity index is 2.12. The second kappa shape index (κ2) is 13.0. The van der Waals surface area contributed by atoms with Gasteiger partial charge in [0, 0.05) is 5.56 Å². The Morgan fingerprint density at radius 2 is 1.48 bits per heavy atom. The van der Waals surface area contributed by atoms with Gasteiger partial charge in [-0.05, 0) is 12.5 Å². The first-order chi connectivity index (χ1) is 12.1. The first-order valence-electron chi connectivity index (χ1n) is 9.39. The van der Waals surface area contributed by atoms with Crippen LogP contribution < -0.4 is 4.89 Å². The molecule has 0 aromatic heterocycles. The number of hydrogen-bond donors (Lipinski definition) is 0. The van der Waals surface area contributed by atoms with E-state index in [1.54, 1.807) is 24.3 Å². The zero-order chi connectivity index (χ0) is 18.4. The molecular weight excluding hydrogens is 336 g/mol. The predicted molar refractivity (Wildman–Crippen MR) is 104 cm³/mol. The second-order valence-corrected chi connectivity index (χ2v) is 8.00. The Morgan fingerprint density at radius 1 is 0.920 bits per heavy atom. The quantitative estimate of drug-likeness (QED) is 0.220. The molecule has 0 fully saturated rings. The van der Waals surface area contributed by atoms with E-state index in [4.69, 9.17) is 4.89 Å². The van der Waals surface area contributed by atoms with Crippen molar-refractivity contribution in [3.05, 3.63) is 36.4 Å². The number of benzene rings is 1. The first kappa shape index (κ1) is 21.7. The molecule has 0 atom stereocenters. The third-order valence-corrected chi connectivity index (χ3v) is 5.18. The van der Waals surface area contributed by atoms with Gasteiger partial charge in [-0.1, -0.05) is 99.9 Å². The van der Waals surface area contributed by atoms with Crippen LogP contribution in [-0.2, 0) is 14.5 Å². The van der Waals surface area contributed by atoms with Gasteiger partial charge in [0.2, 0.25) is 0 Å². The third kappa shape index (κ3) is 10.3. The molecule has 0 aliphatic rings. The molecule has 1 rings (SSSR count). The molecular formula is C20H32O4S. The predicted octanol–water partition coefficient (Wildman–Crippen LogP) is 5.89. The van der Waals surface area contributed by atoms with E-state index in [0.29, 0.717) is 17.7 Å². The van der Waals surface area contributed by atoms with Gasteiger partial charge in [0.1, 0.15) is 0 Å². The Hall–Kier alpha value is -1.33. The van der Waals surface area contributed by atoms with E-state index in [1.807, 2.05) is 6.07 Å². The third-order valence-electron chi connectivity index (χ3n) is 4.11.